The maximum atomic E-state index is 5.71. The van der Waals surface area contributed by atoms with Crippen LogP contribution in [0.4, 0.5) is 0 Å². The third kappa shape index (κ3) is 2.49. The van der Waals surface area contributed by atoms with Crippen molar-refractivity contribution in [2.24, 2.45) is 5.73 Å². The average molecular weight is 200 g/mol. The first-order valence-corrected chi connectivity index (χ1v) is 5.30. The Morgan fingerprint density at radius 2 is 2.38 bits per heavy atom. The molecule has 0 spiro atoms. The SMILES string of the molecule is CCC(OC)c1nc(C(C)N)cs1. The molecule has 1 heterocycles. The van der Waals surface area contributed by atoms with Crippen LogP contribution in [0.25, 0.3) is 0 Å². The van der Waals surface area contributed by atoms with Gasteiger partial charge in [0.2, 0.25) is 0 Å². The van der Waals surface area contributed by atoms with E-state index in [0.717, 1.165) is 17.1 Å². The number of aromatic nitrogens is 1. The van der Waals surface area contributed by atoms with Gasteiger partial charge in [-0.15, -0.1) is 11.3 Å². The average Bonchev–Trinajstić information content (AvgIpc) is 2.56. The maximum absolute atomic E-state index is 5.71. The third-order valence-corrected chi connectivity index (χ3v) is 2.89. The van der Waals surface area contributed by atoms with Crippen LogP contribution in [0.2, 0.25) is 0 Å². The van der Waals surface area contributed by atoms with Crippen molar-refractivity contribution in [1.82, 2.24) is 4.98 Å². The van der Waals surface area contributed by atoms with Crippen molar-refractivity contribution >= 4 is 11.3 Å². The van der Waals surface area contributed by atoms with E-state index < -0.39 is 0 Å². The zero-order valence-electron chi connectivity index (χ0n) is 8.28. The zero-order chi connectivity index (χ0) is 9.84. The highest BCUT2D eigenvalue weighted by Gasteiger charge is 2.13. The maximum Gasteiger partial charge on any atom is 0.122 e. The molecule has 1 rings (SSSR count). The van der Waals surface area contributed by atoms with Gasteiger partial charge < -0.3 is 10.5 Å². The Labute approximate surface area is 82.9 Å². The fraction of sp³-hybridized carbons (Fsp3) is 0.667. The van der Waals surface area contributed by atoms with Gasteiger partial charge in [-0.2, -0.15) is 0 Å². The normalized spacial score (nSPS) is 15.7. The van der Waals surface area contributed by atoms with Crippen molar-refractivity contribution in [1.29, 1.82) is 0 Å². The van der Waals surface area contributed by atoms with Crippen LogP contribution in [-0.4, -0.2) is 12.1 Å². The van der Waals surface area contributed by atoms with Crippen LogP contribution < -0.4 is 5.73 Å². The summed E-state index contributed by atoms with van der Waals surface area (Å²) in [5.74, 6) is 0. The van der Waals surface area contributed by atoms with E-state index in [4.69, 9.17) is 10.5 Å². The molecule has 1 aromatic rings. The lowest BCUT2D eigenvalue weighted by atomic mass is 10.2. The molecule has 2 unspecified atom stereocenters. The minimum Gasteiger partial charge on any atom is -0.374 e. The summed E-state index contributed by atoms with van der Waals surface area (Å²) in [7, 11) is 1.71. The Kier molecular flexibility index (Phi) is 3.84. The monoisotopic (exact) mass is 200 g/mol. The summed E-state index contributed by atoms with van der Waals surface area (Å²) in [6.07, 6.45) is 1.07. The molecule has 0 bridgehead atoms. The molecular formula is C9H16N2OS. The van der Waals surface area contributed by atoms with Gasteiger partial charge in [-0.05, 0) is 13.3 Å². The van der Waals surface area contributed by atoms with E-state index in [1.165, 1.54) is 0 Å². The van der Waals surface area contributed by atoms with Crippen molar-refractivity contribution < 1.29 is 4.74 Å². The van der Waals surface area contributed by atoms with E-state index in [-0.39, 0.29) is 12.1 Å². The van der Waals surface area contributed by atoms with Gasteiger partial charge in [0.15, 0.2) is 0 Å². The van der Waals surface area contributed by atoms with Gasteiger partial charge in [0, 0.05) is 18.5 Å². The molecule has 0 aliphatic carbocycles. The molecule has 0 aliphatic rings. The largest absolute Gasteiger partial charge is 0.374 e. The van der Waals surface area contributed by atoms with Crippen LogP contribution >= 0.6 is 11.3 Å². The lowest BCUT2D eigenvalue weighted by molar-refractivity contribution is 0.0996. The molecule has 74 valence electrons. The molecule has 2 N–H and O–H groups in total. The second kappa shape index (κ2) is 4.69. The van der Waals surface area contributed by atoms with Gasteiger partial charge in [0.05, 0.1) is 5.69 Å². The molecule has 13 heavy (non-hydrogen) atoms. The van der Waals surface area contributed by atoms with Crippen LogP contribution in [0, 0.1) is 0 Å². The number of rotatable bonds is 4. The van der Waals surface area contributed by atoms with Crippen LogP contribution in [0.1, 0.15) is 43.1 Å². The molecule has 0 aromatic carbocycles. The smallest absolute Gasteiger partial charge is 0.122 e. The van der Waals surface area contributed by atoms with Crippen molar-refractivity contribution in [2.45, 2.75) is 32.4 Å². The highest BCUT2D eigenvalue weighted by atomic mass is 32.1. The van der Waals surface area contributed by atoms with E-state index in [1.54, 1.807) is 18.4 Å². The van der Waals surface area contributed by atoms with Crippen molar-refractivity contribution in [3.8, 4) is 0 Å². The summed E-state index contributed by atoms with van der Waals surface area (Å²) in [4.78, 5) is 4.42. The summed E-state index contributed by atoms with van der Waals surface area (Å²) >= 11 is 1.62. The third-order valence-electron chi connectivity index (χ3n) is 1.94. The number of ether oxygens (including phenoxy) is 1. The van der Waals surface area contributed by atoms with Crippen molar-refractivity contribution in [3.63, 3.8) is 0 Å². The predicted octanol–water partition coefficient (Wildman–Crippen LogP) is 2.26. The van der Waals surface area contributed by atoms with Crippen molar-refractivity contribution in [2.75, 3.05) is 7.11 Å². The van der Waals surface area contributed by atoms with E-state index in [2.05, 4.69) is 11.9 Å². The van der Waals surface area contributed by atoms with E-state index >= 15 is 0 Å². The van der Waals surface area contributed by atoms with Crippen LogP contribution in [0.15, 0.2) is 5.38 Å². The molecule has 0 saturated heterocycles. The van der Waals surface area contributed by atoms with E-state index in [0.29, 0.717) is 0 Å². The molecule has 4 heteroatoms. The second-order valence-electron chi connectivity index (χ2n) is 3.03. The summed E-state index contributed by atoms with van der Waals surface area (Å²) in [5, 5.41) is 3.03. The summed E-state index contributed by atoms with van der Waals surface area (Å²) < 4.78 is 5.29. The van der Waals surface area contributed by atoms with Gasteiger partial charge in [0.25, 0.3) is 0 Å². The highest BCUT2D eigenvalue weighted by Crippen LogP contribution is 2.25. The Hall–Kier alpha value is -0.450. The summed E-state index contributed by atoms with van der Waals surface area (Å²) in [6, 6.07) is 0.0133. The minimum absolute atomic E-state index is 0.0133. The molecule has 0 amide bonds. The van der Waals surface area contributed by atoms with E-state index in [1.807, 2.05) is 12.3 Å². The van der Waals surface area contributed by atoms with Crippen molar-refractivity contribution in [3.05, 3.63) is 16.1 Å². The molecule has 2 atom stereocenters. The van der Waals surface area contributed by atoms with Gasteiger partial charge in [-0.25, -0.2) is 4.98 Å². The van der Waals surface area contributed by atoms with Gasteiger partial charge in [0.1, 0.15) is 11.1 Å². The molecule has 3 nitrogen and oxygen atoms in total. The number of hydrogen-bond donors (Lipinski definition) is 1. The number of methoxy groups -OCH3 is 1. The zero-order valence-corrected chi connectivity index (χ0v) is 9.10. The van der Waals surface area contributed by atoms with E-state index in [9.17, 15) is 0 Å². The number of nitrogens with zero attached hydrogens (tertiary/aromatic N) is 1. The lowest BCUT2D eigenvalue weighted by Gasteiger charge is -2.08. The fourth-order valence-electron chi connectivity index (χ4n) is 1.10. The Bertz CT molecular complexity index is 256. The van der Waals surface area contributed by atoms with Gasteiger partial charge >= 0.3 is 0 Å². The first-order chi connectivity index (χ1) is 6.19. The van der Waals surface area contributed by atoms with Crippen LogP contribution in [0.3, 0.4) is 0 Å². The Morgan fingerprint density at radius 1 is 1.69 bits per heavy atom. The first kappa shape index (κ1) is 10.6. The quantitative estimate of drug-likeness (QED) is 0.811. The molecule has 1 aromatic heterocycles. The topological polar surface area (TPSA) is 48.1 Å². The summed E-state index contributed by atoms with van der Waals surface area (Å²) in [6.45, 7) is 4.02. The standard InChI is InChI=1S/C9H16N2OS/c1-4-8(12-3)9-11-7(5-13-9)6(2)10/h5-6,8H,4,10H2,1-3H3. The molecule has 0 aliphatic heterocycles. The molecule has 0 radical (unpaired) electrons. The minimum atomic E-state index is 0.0133. The second-order valence-corrected chi connectivity index (χ2v) is 3.92. The van der Waals surface area contributed by atoms with Crippen LogP contribution in [0.5, 0.6) is 0 Å². The highest BCUT2D eigenvalue weighted by molar-refractivity contribution is 7.09. The number of hydrogen-bond acceptors (Lipinski definition) is 4. The lowest BCUT2D eigenvalue weighted by Crippen LogP contribution is -2.06. The summed E-state index contributed by atoms with van der Waals surface area (Å²) in [5.41, 5.74) is 6.67. The molecule has 0 fully saturated rings. The van der Waals surface area contributed by atoms with Gasteiger partial charge in [-0.1, -0.05) is 6.92 Å². The predicted molar refractivity (Wildman–Crippen MR) is 54.8 cm³/mol. The Morgan fingerprint density at radius 3 is 2.77 bits per heavy atom. The van der Waals surface area contributed by atoms with Gasteiger partial charge in [-0.3, -0.25) is 0 Å². The number of nitrogens with two attached hydrogens (primary N) is 1. The fourth-order valence-corrected chi connectivity index (χ4v) is 2.18. The molecular weight excluding hydrogens is 184 g/mol. The Balaban J connectivity index is 2.78. The van der Waals surface area contributed by atoms with Crippen LogP contribution in [-0.2, 0) is 4.74 Å². The first-order valence-electron chi connectivity index (χ1n) is 4.42. The number of thiazole rings is 1. The molecule has 0 saturated carbocycles.